The van der Waals surface area contributed by atoms with Crippen molar-refractivity contribution in [3.63, 3.8) is 0 Å². The van der Waals surface area contributed by atoms with Crippen molar-refractivity contribution in [3.05, 3.63) is 25.3 Å². The monoisotopic (exact) mass is 254 g/mol. The molecule has 0 saturated heterocycles. The molecule has 2 unspecified atom stereocenters. The summed E-state index contributed by atoms with van der Waals surface area (Å²) in [5.41, 5.74) is 0. The molecule has 102 valence electrons. The molecule has 5 nitrogen and oxygen atoms in total. The lowest BCUT2D eigenvalue weighted by Crippen LogP contribution is -2.35. The third-order valence-corrected chi connectivity index (χ3v) is 2.15. The standard InChI is InChI=1S/C13H22N2O3/c1-5-12(16)14-7-10(3)8-18-9-11(4)15-13(17)6-2/h5-6,10-11H,1-2,7-9H2,3-4H3,(H,14,16)(H,15,17). The molecule has 2 atom stereocenters. The van der Waals surface area contributed by atoms with Gasteiger partial charge in [-0.1, -0.05) is 20.1 Å². The first-order valence-electron chi connectivity index (χ1n) is 5.90. The minimum atomic E-state index is -0.211. The molecule has 18 heavy (non-hydrogen) atoms. The van der Waals surface area contributed by atoms with Crippen molar-refractivity contribution < 1.29 is 14.3 Å². The Hall–Kier alpha value is -1.62. The van der Waals surface area contributed by atoms with Crippen LogP contribution < -0.4 is 10.6 Å². The van der Waals surface area contributed by atoms with Crippen LogP contribution in [0.2, 0.25) is 0 Å². The third-order valence-electron chi connectivity index (χ3n) is 2.15. The van der Waals surface area contributed by atoms with Gasteiger partial charge in [0.25, 0.3) is 0 Å². The Balaban J connectivity index is 3.63. The minimum absolute atomic E-state index is 0.0644. The highest BCUT2D eigenvalue weighted by Crippen LogP contribution is 1.95. The maximum Gasteiger partial charge on any atom is 0.243 e. The van der Waals surface area contributed by atoms with E-state index in [0.717, 1.165) is 0 Å². The summed E-state index contributed by atoms with van der Waals surface area (Å²) >= 11 is 0. The van der Waals surface area contributed by atoms with E-state index < -0.39 is 0 Å². The first-order chi connectivity index (χ1) is 8.49. The Morgan fingerprint density at radius 3 is 2.33 bits per heavy atom. The highest BCUT2D eigenvalue weighted by atomic mass is 16.5. The summed E-state index contributed by atoms with van der Waals surface area (Å²) in [7, 11) is 0. The third kappa shape index (κ3) is 8.52. The van der Waals surface area contributed by atoms with Crippen molar-refractivity contribution in [2.24, 2.45) is 5.92 Å². The first kappa shape index (κ1) is 16.4. The van der Waals surface area contributed by atoms with Crippen molar-refractivity contribution in [2.45, 2.75) is 19.9 Å². The molecule has 0 heterocycles. The zero-order valence-electron chi connectivity index (χ0n) is 11.1. The molecule has 2 N–H and O–H groups in total. The van der Waals surface area contributed by atoms with E-state index in [1.165, 1.54) is 12.2 Å². The summed E-state index contributed by atoms with van der Waals surface area (Å²) in [6, 6.07) is -0.0644. The van der Waals surface area contributed by atoms with Crippen molar-refractivity contribution in [3.8, 4) is 0 Å². The van der Waals surface area contributed by atoms with Gasteiger partial charge in [0.15, 0.2) is 0 Å². The Kier molecular flexibility index (Phi) is 8.57. The van der Waals surface area contributed by atoms with Gasteiger partial charge >= 0.3 is 0 Å². The van der Waals surface area contributed by atoms with Gasteiger partial charge in [0, 0.05) is 12.6 Å². The van der Waals surface area contributed by atoms with Gasteiger partial charge in [0.2, 0.25) is 11.8 Å². The Labute approximate surface area is 108 Å². The molecular weight excluding hydrogens is 232 g/mol. The lowest BCUT2D eigenvalue weighted by atomic mass is 10.2. The second-order valence-electron chi connectivity index (χ2n) is 4.21. The maximum atomic E-state index is 11.0. The highest BCUT2D eigenvalue weighted by Gasteiger charge is 2.07. The number of carbonyl (C=O) groups is 2. The molecule has 0 saturated carbocycles. The fraction of sp³-hybridized carbons (Fsp3) is 0.538. The number of hydrogen-bond donors (Lipinski definition) is 2. The average molecular weight is 254 g/mol. The quantitative estimate of drug-likeness (QED) is 0.593. The molecule has 0 rings (SSSR count). The zero-order chi connectivity index (χ0) is 14.0. The van der Waals surface area contributed by atoms with Gasteiger partial charge in [-0.2, -0.15) is 0 Å². The van der Waals surface area contributed by atoms with Crippen molar-refractivity contribution in [2.75, 3.05) is 19.8 Å². The molecule has 0 fully saturated rings. The SMILES string of the molecule is C=CC(=O)NCC(C)COCC(C)NC(=O)C=C. The summed E-state index contributed by atoms with van der Waals surface area (Å²) in [5.74, 6) is -0.193. The Bertz CT molecular complexity index is 303. The largest absolute Gasteiger partial charge is 0.379 e. The molecule has 0 aliphatic carbocycles. The minimum Gasteiger partial charge on any atom is -0.379 e. The van der Waals surface area contributed by atoms with Crippen LogP contribution in [0.15, 0.2) is 25.3 Å². The van der Waals surface area contributed by atoms with Crippen molar-refractivity contribution in [1.82, 2.24) is 10.6 Å². The fourth-order valence-corrected chi connectivity index (χ4v) is 1.20. The molecule has 0 radical (unpaired) electrons. The summed E-state index contributed by atoms with van der Waals surface area (Å²) in [4.78, 5) is 21.9. The number of hydrogen-bond acceptors (Lipinski definition) is 3. The maximum absolute atomic E-state index is 11.0. The molecule has 0 spiro atoms. The molecule has 5 heteroatoms. The zero-order valence-corrected chi connectivity index (χ0v) is 11.1. The second-order valence-corrected chi connectivity index (χ2v) is 4.21. The van der Waals surface area contributed by atoms with E-state index in [1.54, 1.807) is 0 Å². The van der Waals surface area contributed by atoms with Gasteiger partial charge in [-0.3, -0.25) is 9.59 Å². The van der Waals surface area contributed by atoms with Gasteiger partial charge in [0.1, 0.15) is 0 Å². The smallest absolute Gasteiger partial charge is 0.243 e. The molecule has 2 amide bonds. The summed E-state index contributed by atoms with van der Waals surface area (Å²) in [6.45, 7) is 12.0. The number of nitrogens with one attached hydrogen (secondary N) is 2. The van der Waals surface area contributed by atoms with Crippen LogP contribution in [0.3, 0.4) is 0 Å². The predicted octanol–water partition coefficient (Wildman–Crippen LogP) is 0.632. The van der Waals surface area contributed by atoms with Crippen LogP contribution in [0.25, 0.3) is 0 Å². The van der Waals surface area contributed by atoms with E-state index in [2.05, 4.69) is 23.8 Å². The summed E-state index contributed by atoms with van der Waals surface area (Å²) < 4.78 is 5.44. The van der Waals surface area contributed by atoms with E-state index in [-0.39, 0.29) is 23.8 Å². The Morgan fingerprint density at radius 1 is 1.17 bits per heavy atom. The molecule has 0 bridgehead atoms. The normalized spacial score (nSPS) is 13.2. The van der Waals surface area contributed by atoms with E-state index in [9.17, 15) is 9.59 Å². The molecule has 0 aromatic heterocycles. The average Bonchev–Trinajstić information content (AvgIpc) is 2.35. The van der Waals surface area contributed by atoms with E-state index in [0.29, 0.717) is 19.8 Å². The second kappa shape index (κ2) is 9.41. The predicted molar refractivity (Wildman–Crippen MR) is 71.0 cm³/mol. The van der Waals surface area contributed by atoms with E-state index in [4.69, 9.17) is 4.74 Å². The summed E-state index contributed by atoms with van der Waals surface area (Å²) in [5, 5.41) is 5.39. The first-order valence-corrected chi connectivity index (χ1v) is 5.90. The van der Waals surface area contributed by atoms with E-state index in [1.807, 2.05) is 13.8 Å². The fourth-order valence-electron chi connectivity index (χ4n) is 1.20. The number of ether oxygens (including phenoxy) is 1. The highest BCUT2D eigenvalue weighted by molar-refractivity contribution is 5.87. The number of amides is 2. The van der Waals surface area contributed by atoms with Crippen LogP contribution >= 0.6 is 0 Å². The van der Waals surface area contributed by atoms with Gasteiger partial charge in [-0.25, -0.2) is 0 Å². The summed E-state index contributed by atoms with van der Waals surface area (Å²) in [6.07, 6.45) is 2.46. The molecule has 0 aliphatic rings. The van der Waals surface area contributed by atoms with Crippen LogP contribution in [-0.4, -0.2) is 37.6 Å². The topological polar surface area (TPSA) is 67.4 Å². The molecular formula is C13H22N2O3. The van der Waals surface area contributed by atoms with Gasteiger partial charge < -0.3 is 15.4 Å². The van der Waals surface area contributed by atoms with Crippen molar-refractivity contribution in [1.29, 1.82) is 0 Å². The van der Waals surface area contributed by atoms with E-state index >= 15 is 0 Å². The van der Waals surface area contributed by atoms with Crippen LogP contribution in [-0.2, 0) is 14.3 Å². The Morgan fingerprint density at radius 2 is 1.78 bits per heavy atom. The van der Waals surface area contributed by atoms with Gasteiger partial charge in [-0.15, -0.1) is 0 Å². The van der Waals surface area contributed by atoms with Crippen LogP contribution in [0.1, 0.15) is 13.8 Å². The van der Waals surface area contributed by atoms with Gasteiger partial charge in [-0.05, 0) is 25.0 Å². The molecule has 0 aliphatic heterocycles. The lowest BCUT2D eigenvalue weighted by Gasteiger charge is -2.16. The number of rotatable bonds is 9. The van der Waals surface area contributed by atoms with Crippen LogP contribution in [0, 0.1) is 5.92 Å². The van der Waals surface area contributed by atoms with Crippen molar-refractivity contribution >= 4 is 11.8 Å². The number of carbonyl (C=O) groups excluding carboxylic acids is 2. The molecule has 0 aromatic rings. The lowest BCUT2D eigenvalue weighted by molar-refractivity contribution is -0.118. The van der Waals surface area contributed by atoms with Crippen LogP contribution in [0.5, 0.6) is 0 Å². The molecule has 0 aromatic carbocycles. The van der Waals surface area contributed by atoms with Gasteiger partial charge in [0.05, 0.1) is 13.2 Å². The van der Waals surface area contributed by atoms with Crippen LogP contribution in [0.4, 0.5) is 0 Å².